The van der Waals surface area contributed by atoms with Crippen molar-refractivity contribution in [2.75, 3.05) is 13.1 Å². The van der Waals surface area contributed by atoms with E-state index >= 15 is 0 Å². The van der Waals surface area contributed by atoms with Gasteiger partial charge in [0.15, 0.2) is 0 Å². The minimum absolute atomic E-state index is 0.00166. The van der Waals surface area contributed by atoms with Crippen molar-refractivity contribution in [2.45, 2.75) is 52.5 Å². The van der Waals surface area contributed by atoms with Crippen LogP contribution < -0.4 is 5.32 Å². The summed E-state index contributed by atoms with van der Waals surface area (Å²) in [6.45, 7) is 7.04. The predicted molar refractivity (Wildman–Crippen MR) is 96.5 cm³/mol. The van der Waals surface area contributed by atoms with Crippen molar-refractivity contribution >= 4 is 11.8 Å². The number of hydrogen-bond acceptors (Lipinski definition) is 2. The molecule has 1 aromatic carbocycles. The largest absolute Gasteiger partial charge is 0.353 e. The van der Waals surface area contributed by atoms with Gasteiger partial charge in [-0.2, -0.15) is 0 Å². The maximum absolute atomic E-state index is 13.7. The molecule has 1 saturated heterocycles. The second-order valence-corrected chi connectivity index (χ2v) is 7.14. The van der Waals surface area contributed by atoms with Gasteiger partial charge >= 0.3 is 0 Å². The molecule has 0 radical (unpaired) electrons. The Kier molecular flexibility index (Phi) is 6.97. The average Bonchev–Trinajstić information content (AvgIpc) is 2.62. The number of amides is 2. The molecule has 1 fully saturated rings. The summed E-state index contributed by atoms with van der Waals surface area (Å²) in [5.74, 6) is -0.317. The van der Waals surface area contributed by atoms with Crippen molar-refractivity contribution in [3.8, 4) is 0 Å². The molecule has 3 unspecified atom stereocenters. The van der Waals surface area contributed by atoms with Crippen molar-refractivity contribution in [1.29, 1.82) is 0 Å². The zero-order valence-electron chi connectivity index (χ0n) is 15.4. The van der Waals surface area contributed by atoms with E-state index < -0.39 is 0 Å². The maximum atomic E-state index is 13.7. The van der Waals surface area contributed by atoms with Crippen molar-refractivity contribution in [3.05, 3.63) is 35.6 Å². The van der Waals surface area contributed by atoms with Crippen molar-refractivity contribution < 1.29 is 14.0 Å². The summed E-state index contributed by atoms with van der Waals surface area (Å²) in [5, 5.41) is 2.98. The summed E-state index contributed by atoms with van der Waals surface area (Å²) in [4.78, 5) is 26.7. The quantitative estimate of drug-likeness (QED) is 0.858. The zero-order chi connectivity index (χ0) is 18.4. The first-order chi connectivity index (χ1) is 11.9. The first kappa shape index (κ1) is 19.4. The topological polar surface area (TPSA) is 49.4 Å². The molecule has 1 aromatic rings. The molecular formula is C20H29FN2O2. The number of nitrogens with one attached hydrogen (secondary N) is 1. The fourth-order valence-electron chi connectivity index (χ4n) is 3.28. The van der Waals surface area contributed by atoms with Crippen LogP contribution in [0.15, 0.2) is 24.3 Å². The molecule has 2 amide bonds. The molecule has 1 N–H and O–H groups in total. The fourth-order valence-corrected chi connectivity index (χ4v) is 3.28. The molecule has 0 aliphatic carbocycles. The van der Waals surface area contributed by atoms with Crippen molar-refractivity contribution in [3.63, 3.8) is 0 Å². The standard InChI is InChI=1S/C20H29FN2O2/c1-4-14(2)20(25)23-11-7-9-17(13-23)19(24)22-15(3)12-16-8-5-6-10-18(16)21/h5-6,8,10,14-15,17H,4,7,9,11-13H2,1-3H3,(H,22,24). The SMILES string of the molecule is CCC(C)C(=O)N1CCCC(C(=O)NC(C)Cc2ccccc2F)C1. The smallest absolute Gasteiger partial charge is 0.225 e. The van der Waals surface area contributed by atoms with E-state index in [1.165, 1.54) is 6.07 Å². The molecule has 0 bridgehead atoms. The summed E-state index contributed by atoms with van der Waals surface area (Å²) in [7, 11) is 0. The zero-order valence-corrected chi connectivity index (χ0v) is 15.4. The van der Waals surface area contributed by atoms with Crippen LogP contribution in [0, 0.1) is 17.7 Å². The average molecular weight is 348 g/mol. The predicted octanol–water partition coefficient (Wildman–Crippen LogP) is 3.16. The second-order valence-electron chi connectivity index (χ2n) is 7.14. The van der Waals surface area contributed by atoms with Gasteiger partial charge in [0.05, 0.1) is 5.92 Å². The highest BCUT2D eigenvalue weighted by molar-refractivity contribution is 5.82. The number of halogens is 1. The molecule has 0 aromatic heterocycles. The Morgan fingerprint density at radius 2 is 2.04 bits per heavy atom. The third kappa shape index (κ3) is 5.28. The monoisotopic (exact) mass is 348 g/mol. The van der Waals surface area contributed by atoms with Crippen molar-refractivity contribution in [1.82, 2.24) is 10.2 Å². The number of carbonyl (C=O) groups is 2. The number of nitrogens with zero attached hydrogens (tertiary/aromatic N) is 1. The molecule has 0 spiro atoms. The summed E-state index contributed by atoms with van der Waals surface area (Å²) in [5.41, 5.74) is 0.604. The van der Waals surface area contributed by atoms with E-state index in [-0.39, 0.29) is 35.5 Å². The molecule has 4 nitrogen and oxygen atoms in total. The van der Waals surface area contributed by atoms with Crippen LogP contribution in [0.5, 0.6) is 0 Å². The first-order valence-electron chi connectivity index (χ1n) is 9.25. The Bertz CT molecular complexity index is 605. The van der Waals surface area contributed by atoms with E-state index in [1.54, 1.807) is 18.2 Å². The van der Waals surface area contributed by atoms with E-state index in [0.29, 0.717) is 18.5 Å². The van der Waals surface area contributed by atoms with Gasteiger partial charge in [0.25, 0.3) is 0 Å². The van der Waals surface area contributed by atoms with Gasteiger partial charge in [-0.25, -0.2) is 4.39 Å². The number of benzene rings is 1. The Balaban J connectivity index is 1.89. The van der Waals surface area contributed by atoms with Crippen LogP contribution in [-0.2, 0) is 16.0 Å². The highest BCUT2D eigenvalue weighted by Gasteiger charge is 2.30. The highest BCUT2D eigenvalue weighted by atomic mass is 19.1. The Labute approximate surface area is 149 Å². The molecule has 1 heterocycles. The molecule has 25 heavy (non-hydrogen) atoms. The number of piperidine rings is 1. The summed E-state index contributed by atoms with van der Waals surface area (Å²) in [6, 6.07) is 6.48. The molecule has 0 saturated carbocycles. The van der Waals surface area contributed by atoms with Crippen LogP contribution >= 0.6 is 0 Å². The Morgan fingerprint density at radius 3 is 2.72 bits per heavy atom. The van der Waals surface area contributed by atoms with Gasteiger partial charge in [0.2, 0.25) is 11.8 Å². The van der Waals surface area contributed by atoms with E-state index in [0.717, 1.165) is 25.8 Å². The number of rotatable bonds is 6. The molecule has 138 valence electrons. The van der Waals surface area contributed by atoms with Gasteiger partial charge in [-0.15, -0.1) is 0 Å². The van der Waals surface area contributed by atoms with Crippen LogP contribution in [0.25, 0.3) is 0 Å². The van der Waals surface area contributed by atoms with E-state index in [4.69, 9.17) is 0 Å². The van der Waals surface area contributed by atoms with Gasteiger partial charge in [-0.05, 0) is 44.2 Å². The first-order valence-corrected chi connectivity index (χ1v) is 9.25. The summed E-state index contributed by atoms with van der Waals surface area (Å²) < 4.78 is 13.7. The van der Waals surface area contributed by atoms with Crippen LogP contribution in [0.2, 0.25) is 0 Å². The van der Waals surface area contributed by atoms with Gasteiger partial charge in [0.1, 0.15) is 5.82 Å². The van der Waals surface area contributed by atoms with E-state index in [9.17, 15) is 14.0 Å². The Morgan fingerprint density at radius 1 is 1.32 bits per heavy atom. The molecule has 2 rings (SSSR count). The van der Waals surface area contributed by atoms with Gasteiger partial charge in [-0.1, -0.05) is 32.0 Å². The fraction of sp³-hybridized carbons (Fsp3) is 0.600. The second kappa shape index (κ2) is 8.97. The maximum Gasteiger partial charge on any atom is 0.225 e. The minimum atomic E-state index is -0.244. The van der Waals surface area contributed by atoms with Crippen molar-refractivity contribution in [2.24, 2.45) is 11.8 Å². The number of likely N-dealkylation sites (tertiary alicyclic amines) is 1. The number of carbonyl (C=O) groups excluding carboxylic acids is 2. The Hall–Kier alpha value is -1.91. The van der Waals surface area contributed by atoms with Crippen LogP contribution in [0.1, 0.15) is 45.6 Å². The third-order valence-corrected chi connectivity index (χ3v) is 5.01. The van der Waals surface area contributed by atoms with Crippen LogP contribution in [-0.4, -0.2) is 35.8 Å². The third-order valence-electron chi connectivity index (χ3n) is 5.01. The van der Waals surface area contributed by atoms with Gasteiger partial charge in [0, 0.05) is 25.0 Å². The minimum Gasteiger partial charge on any atom is -0.353 e. The lowest BCUT2D eigenvalue weighted by Crippen LogP contribution is -2.48. The van der Waals surface area contributed by atoms with E-state index in [2.05, 4.69) is 5.32 Å². The molecular weight excluding hydrogens is 319 g/mol. The van der Waals surface area contributed by atoms with Crippen LogP contribution in [0.4, 0.5) is 4.39 Å². The molecule has 1 aliphatic heterocycles. The lowest BCUT2D eigenvalue weighted by molar-refractivity contribution is -0.139. The summed E-state index contributed by atoms with van der Waals surface area (Å²) in [6.07, 6.45) is 2.91. The lowest BCUT2D eigenvalue weighted by Gasteiger charge is -2.34. The molecule has 1 aliphatic rings. The normalized spacial score (nSPS) is 20.0. The lowest BCUT2D eigenvalue weighted by atomic mass is 9.95. The van der Waals surface area contributed by atoms with E-state index in [1.807, 2.05) is 25.7 Å². The molecule has 5 heteroatoms. The van der Waals surface area contributed by atoms with Gasteiger partial charge in [-0.3, -0.25) is 9.59 Å². The van der Waals surface area contributed by atoms with Crippen LogP contribution in [0.3, 0.4) is 0 Å². The molecule has 3 atom stereocenters. The highest BCUT2D eigenvalue weighted by Crippen LogP contribution is 2.20. The number of hydrogen-bond donors (Lipinski definition) is 1. The summed E-state index contributed by atoms with van der Waals surface area (Å²) >= 11 is 0. The van der Waals surface area contributed by atoms with Gasteiger partial charge < -0.3 is 10.2 Å².